The maximum absolute atomic E-state index is 12.0. The molecule has 1 amide bonds. The molecule has 0 aliphatic heterocycles. The molecule has 1 atom stereocenters. The molecule has 2 rings (SSSR count). The van der Waals surface area contributed by atoms with Gasteiger partial charge in [0, 0.05) is 29.8 Å². The molecular weight excluding hydrogens is 322 g/mol. The van der Waals surface area contributed by atoms with Crippen molar-refractivity contribution in [1.82, 2.24) is 4.98 Å². The molecule has 106 valence electrons. The number of benzene rings is 1. The highest BCUT2D eigenvalue weighted by Crippen LogP contribution is 2.23. The van der Waals surface area contributed by atoms with Gasteiger partial charge in [-0.15, -0.1) is 0 Å². The highest BCUT2D eigenvalue weighted by Gasteiger charge is 2.14. The number of carbonyl (C=O) groups is 1. The number of pyridine rings is 1. The number of amides is 1. The molecule has 0 fully saturated rings. The molecule has 0 aliphatic carbocycles. The zero-order valence-corrected chi connectivity index (χ0v) is 12.7. The largest absolute Gasteiger partial charge is 0.385 e. The summed E-state index contributed by atoms with van der Waals surface area (Å²) < 4.78 is 5.81. The smallest absolute Gasteiger partial charge is 0.241 e. The van der Waals surface area contributed by atoms with Crippen LogP contribution in [0.3, 0.4) is 0 Å². The van der Waals surface area contributed by atoms with E-state index in [0.29, 0.717) is 18.7 Å². The summed E-state index contributed by atoms with van der Waals surface area (Å²) in [6, 6.07) is 6.97. The third-order valence-corrected chi connectivity index (χ3v) is 3.34. The van der Waals surface area contributed by atoms with Crippen molar-refractivity contribution >= 4 is 38.4 Å². The lowest BCUT2D eigenvalue weighted by molar-refractivity contribution is -0.117. The minimum absolute atomic E-state index is 0.237. The number of hydrogen-bond acceptors (Lipinski definition) is 4. The van der Waals surface area contributed by atoms with E-state index in [-0.39, 0.29) is 5.91 Å². The minimum atomic E-state index is -0.597. The van der Waals surface area contributed by atoms with Crippen LogP contribution >= 0.6 is 15.9 Å². The van der Waals surface area contributed by atoms with E-state index in [9.17, 15) is 4.79 Å². The van der Waals surface area contributed by atoms with Crippen molar-refractivity contribution < 1.29 is 9.53 Å². The number of carbonyl (C=O) groups excluding carboxylic acids is 1. The highest BCUT2D eigenvalue weighted by molar-refractivity contribution is 9.10. The predicted octanol–water partition coefficient (Wildman–Crippen LogP) is 2.30. The fraction of sp³-hybridized carbons (Fsp3) is 0.286. The van der Waals surface area contributed by atoms with E-state index < -0.39 is 6.04 Å². The first-order valence-electron chi connectivity index (χ1n) is 6.21. The van der Waals surface area contributed by atoms with Crippen LogP contribution in [-0.4, -0.2) is 30.6 Å². The molecule has 1 aromatic heterocycles. The van der Waals surface area contributed by atoms with Gasteiger partial charge in [0.1, 0.15) is 0 Å². The van der Waals surface area contributed by atoms with Crippen LogP contribution < -0.4 is 11.1 Å². The lowest BCUT2D eigenvalue weighted by Gasteiger charge is -2.13. The van der Waals surface area contributed by atoms with Gasteiger partial charge in [-0.1, -0.05) is 12.1 Å². The average Bonchev–Trinajstić information content (AvgIpc) is 2.44. The number of ether oxygens (including phenoxy) is 1. The topological polar surface area (TPSA) is 77.2 Å². The molecule has 0 radical (unpaired) electrons. The molecule has 1 aromatic carbocycles. The van der Waals surface area contributed by atoms with Gasteiger partial charge in [0.15, 0.2) is 0 Å². The second-order valence-corrected chi connectivity index (χ2v) is 5.32. The van der Waals surface area contributed by atoms with Crippen molar-refractivity contribution in [1.29, 1.82) is 0 Å². The van der Waals surface area contributed by atoms with E-state index in [1.807, 2.05) is 24.3 Å². The summed E-state index contributed by atoms with van der Waals surface area (Å²) in [7, 11) is 1.58. The van der Waals surface area contributed by atoms with Crippen molar-refractivity contribution in [2.75, 3.05) is 19.0 Å². The highest BCUT2D eigenvalue weighted by atomic mass is 79.9. The van der Waals surface area contributed by atoms with Crippen LogP contribution in [0.4, 0.5) is 5.69 Å². The zero-order chi connectivity index (χ0) is 14.5. The van der Waals surface area contributed by atoms with E-state index in [0.717, 1.165) is 15.4 Å². The number of anilines is 1. The molecule has 2 aromatic rings. The van der Waals surface area contributed by atoms with Gasteiger partial charge in [0.05, 0.1) is 17.2 Å². The molecule has 0 spiro atoms. The number of fused-ring (bicyclic) bond motifs is 1. The molecular formula is C14H16BrN3O2. The van der Waals surface area contributed by atoms with Gasteiger partial charge in [0.2, 0.25) is 5.91 Å². The predicted molar refractivity (Wildman–Crippen MR) is 82.5 cm³/mol. The van der Waals surface area contributed by atoms with Crippen molar-refractivity contribution in [2.45, 2.75) is 12.5 Å². The van der Waals surface area contributed by atoms with Crippen molar-refractivity contribution in [3.8, 4) is 0 Å². The number of hydrogen-bond donors (Lipinski definition) is 2. The first kappa shape index (κ1) is 14.9. The van der Waals surface area contributed by atoms with Gasteiger partial charge in [-0.05, 0) is 34.5 Å². The van der Waals surface area contributed by atoms with E-state index in [1.165, 1.54) is 0 Å². The Morgan fingerprint density at radius 3 is 3.10 bits per heavy atom. The van der Waals surface area contributed by atoms with Gasteiger partial charge < -0.3 is 15.8 Å². The van der Waals surface area contributed by atoms with Crippen molar-refractivity contribution in [3.63, 3.8) is 0 Å². The molecule has 1 unspecified atom stereocenters. The molecule has 6 heteroatoms. The Bertz CT molecular complexity index is 618. The first-order chi connectivity index (χ1) is 9.61. The SMILES string of the molecule is COCCC(N)C(=O)Nc1cccc2cc(Br)cnc12. The fourth-order valence-electron chi connectivity index (χ4n) is 1.84. The van der Waals surface area contributed by atoms with Crippen LogP contribution in [0.25, 0.3) is 10.9 Å². The number of nitrogens with two attached hydrogens (primary N) is 1. The lowest BCUT2D eigenvalue weighted by atomic mass is 10.1. The van der Waals surface area contributed by atoms with E-state index in [4.69, 9.17) is 10.5 Å². The number of nitrogens with one attached hydrogen (secondary N) is 1. The molecule has 0 bridgehead atoms. The molecule has 1 heterocycles. The Morgan fingerprint density at radius 1 is 1.55 bits per heavy atom. The van der Waals surface area contributed by atoms with Crippen LogP contribution in [0, 0.1) is 0 Å². The van der Waals surface area contributed by atoms with E-state index in [2.05, 4.69) is 26.2 Å². The minimum Gasteiger partial charge on any atom is -0.385 e. The van der Waals surface area contributed by atoms with Crippen LogP contribution in [0.5, 0.6) is 0 Å². The summed E-state index contributed by atoms with van der Waals surface area (Å²) in [5, 5.41) is 3.76. The maximum atomic E-state index is 12.0. The Hall–Kier alpha value is -1.50. The normalized spacial score (nSPS) is 12.3. The number of para-hydroxylation sites is 1. The third-order valence-electron chi connectivity index (χ3n) is 2.91. The summed E-state index contributed by atoms with van der Waals surface area (Å²) in [6.45, 7) is 0.454. The second-order valence-electron chi connectivity index (χ2n) is 4.41. The summed E-state index contributed by atoms with van der Waals surface area (Å²) >= 11 is 3.38. The molecule has 0 aliphatic rings. The Morgan fingerprint density at radius 2 is 2.35 bits per heavy atom. The Kier molecular flexibility index (Phi) is 5.05. The number of rotatable bonds is 5. The van der Waals surface area contributed by atoms with E-state index in [1.54, 1.807) is 13.3 Å². The quantitative estimate of drug-likeness (QED) is 0.877. The number of nitrogens with zero attached hydrogens (tertiary/aromatic N) is 1. The van der Waals surface area contributed by atoms with Gasteiger partial charge >= 0.3 is 0 Å². The number of methoxy groups -OCH3 is 1. The monoisotopic (exact) mass is 337 g/mol. The molecule has 0 saturated heterocycles. The first-order valence-corrected chi connectivity index (χ1v) is 7.01. The summed E-state index contributed by atoms with van der Waals surface area (Å²) in [4.78, 5) is 16.3. The lowest BCUT2D eigenvalue weighted by Crippen LogP contribution is -2.36. The van der Waals surface area contributed by atoms with Crippen LogP contribution in [0.15, 0.2) is 34.9 Å². The van der Waals surface area contributed by atoms with E-state index >= 15 is 0 Å². The van der Waals surface area contributed by atoms with Crippen LogP contribution in [-0.2, 0) is 9.53 Å². The zero-order valence-electron chi connectivity index (χ0n) is 11.1. The fourth-order valence-corrected chi connectivity index (χ4v) is 2.19. The van der Waals surface area contributed by atoms with Gasteiger partial charge in [-0.2, -0.15) is 0 Å². The third kappa shape index (κ3) is 3.53. The number of halogens is 1. The summed E-state index contributed by atoms with van der Waals surface area (Å²) in [5.41, 5.74) is 7.20. The van der Waals surface area contributed by atoms with Crippen molar-refractivity contribution in [2.24, 2.45) is 5.73 Å². The molecule has 5 nitrogen and oxygen atoms in total. The summed E-state index contributed by atoms with van der Waals surface area (Å²) in [5.74, 6) is -0.237. The van der Waals surface area contributed by atoms with Gasteiger partial charge in [0.25, 0.3) is 0 Å². The van der Waals surface area contributed by atoms with Crippen LogP contribution in [0.1, 0.15) is 6.42 Å². The molecule has 3 N–H and O–H groups in total. The molecule has 0 saturated carbocycles. The van der Waals surface area contributed by atoms with Crippen LogP contribution in [0.2, 0.25) is 0 Å². The van der Waals surface area contributed by atoms with Gasteiger partial charge in [-0.25, -0.2) is 0 Å². The second kappa shape index (κ2) is 6.78. The van der Waals surface area contributed by atoms with Crippen molar-refractivity contribution in [3.05, 3.63) is 34.9 Å². The number of aromatic nitrogens is 1. The molecule has 20 heavy (non-hydrogen) atoms. The maximum Gasteiger partial charge on any atom is 0.241 e. The van der Waals surface area contributed by atoms with Gasteiger partial charge in [-0.3, -0.25) is 9.78 Å². The standard InChI is InChI=1S/C14H16BrN3O2/c1-20-6-5-11(16)14(19)18-12-4-2-3-9-7-10(15)8-17-13(9)12/h2-4,7-8,11H,5-6,16H2,1H3,(H,18,19). The Labute approximate surface area is 125 Å². The summed E-state index contributed by atoms with van der Waals surface area (Å²) in [6.07, 6.45) is 2.18. The average molecular weight is 338 g/mol. The Balaban J connectivity index is 2.19.